The van der Waals surface area contributed by atoms with Gasteiger partial charge in [0.15, 0.2) is 0 Å². The summed E-state index contributed by atoms with van der Waals surface area (Å²) in [5.41, 5.74) is 5.57. The maximum Gasteiger partial charge on any atom is 0.305 e. The molecule has 7 nitrogen and oxygen atoms in total. The Morgan fingerprint density at radius 1 is 0.950 bits per heavy atom. The molecule has 0 bridgehead atoms. The molecule has 0 saturated carbocycles. The Kier molecular flexibility index (Phi) is 17.0. The first kappa shape index (κ1) is 35.2. The van der Waals surface area contributed by atoms with Crippen molar-refractivity contribution in [3.8, 4) is 0 Å². The predicted octanol–water partition coefficient (Wildman–Crippen LogP) is 7.98. The molecule has 1 N–H and O–H groups in total. The van der Waals surface area contributed by atoms with Crippen LogP contribution in [-0.2, 0) is 9.53 Å². The number of hydrogen-bond acceptors (Lipinski definition) is 7. The van der Waals surface area contributed by atoms with Crippen molar-refractivity contribution in [1.29, 1.82) is 0 Å². The molecular weight excluding hydrogens is 544 g/mol. The summed E-state index contributed by atoms with van der Waals surface area (Å²) in [4.78, 5) is 29.6. The van der Waals surface area contributed by atoms with Gasteiger partial charge in [-0.15, -0.1) is 11.3 Å². The number of amides is 1. The Hall–Kier alpha value is -2.84. The van der Waals surface area contributed by atoms with E-state index >= 15 is 0 Å². The lowest BCUT2D eigenvalue weighted by molar-refractivity contribution is -0.140. The average molecular weight is 589 g/mol. The van der Waals surface area contributed by atoms with E-state index in [0.29, 0.717) is 24.5 Å². The van der Waals surface area contributed by atoms with Crippen LogP contribution in [0.4, 0.5) is 0 Å². The number of esters is 1. The van der Waals surface area contributed by atoms with Crippen molar-refractivity contribution in [2.24, 2.45) is 15.2 Å². The van der Waals surface area contributed by atoms with E-state index in [-0.39, 0.29) is 11.9 Å². The number of hydrogen-bond donors (Lipinski definition) is 1. The Bertz CT molecular complexity index is 1180. The van der Waals surface area contributed by atoms with Crippen LogP contribution in [0.5, 0.6) is 0 Å². The molecule has 0 radical (unpaired) electrons. The lowest BCUT2D eigenvalue weighted by Gasteiger charge is -2.10. The highest BCUT2D eigenvalue weighted by Gasteiger charge is 2.22. The maximum absolute atomic E-state index is 12.9. The number of nitrogens with zero attached hydrogens (tertiary/aromatic N) is 3. The molecule has 0 aliphatic carbocycles. The minimum absolute atomic E-state index is 0.00840. The lowest BCUT2D eigenvalue weighted by atomic mass is 9.98. The molecule has 1 heterocycles. The van der Waals surface area contributed by atoms with E-state index in [1.54, 1.807) is 6.92 Å². The minimum atomic E-state index is -0.157. The first-order valence-electron chi connectivity index (χ1n) is 13.9. The third kappa shape index (κ3) is 12.1. The van der Waals surface area contributed by atoms with Gasteiger partial charge in [-0.2, -0.15) is 10.2 Å². The number of unbranched alkanes of at least 4 members (excludes halogenated alkanes) is 3. The molecule has 1 aromatic carbocycles. The Balaban J connectivity index is 0.00000120. The lowest BCUT2D eigenvalue weighted by Crippen LogP contribution is -2.24. The van der Waals surface area contributed by atoms with Gasteiger partial charge in [-0.25, -0.2) is 0 Å². The Morgan fingerprint density at radius 2 is 1.60 bits per heavy atom. The molecule has 40 heavy (non-hydrogen) atoms. The summed E-state index contributed by atoms with van der Waals surface area (Å²) >= 11 is 7.66. The van der Waals surface area contributed by atoms with Crippen LogP contribution < -0.4 is 5.32 Å². The van der Waals surface area contributed by atoms with Crippen molar-refractivity contribution in [2.45, 2.75) is 87.0 Å². The number of thiophene rings is 1. The van der Waals surface area contributed by atoms with Crippen LogP contribution in [0.25, 0.3) is 0 Å². The maximum atomic E-state index is 12.9. The van der Waals surface area contributed by atoms with Crippen molar-refractivity contribution in [2.75, 3.05) is 20.2 Å². The fourth-order valence-corrected chi connectivity index (χ4v) is 4.79. The number of methoxy groups -OCH3 is 1. The zero-order valence-electron chi connectivity index (χ0n) is 25.3. The van der Waals surface area contributed by atoms with Gasteiger partial charge in [-0.3, -0.25) is 14.6 Å². The van der Waals surface area contributed by atoms with Crippen LogP contribution >= 0.6 is 22.9 Å². The summed E-state index contributed by atoms with van der Waals surface area (Å²) in [5.74, 6) is -0.166. The van der Waals surface area contributed by atoms with Gasteiger partial charge in [0.05, 0.1) is 30.0 Å². The molecule has 220 valence electrons. The van der Waals surface area contributed by atoms with E-state index in [1.165, 1.54) is 31.3 Å². The van der Waals surface area contributed by atoms with E-state index in [9.17, 15) is 9.59 Å². The summed E-state index contributed by atoms with van der Waals surface area (Å²) in [6.07, 6.45) is 5.86. The number of aryl methyl sites for hydroxylation is 1. The van der Waals surface area contributed by atoms with Crippen molar-refractivity contribution in [3.63, 3.8) is 0 Å². The van der Waals surface area contributed by atoms with Crippen LogP contribution in [0.2, 0.25) is 5.02 Å². The second kappa shape index (κ2) is 19.3. The Morgan fingerprint density at radius 3 is 2.15 bits per heavy atom. The van der Waals surface area contributed by atoms with Crippen LogP contribution in [0, 0.1) is 13.8 Å². The molecule has 2 rings (SSSR count). The van der Waals surface area contributed by atoms with E-state index < -0.39 is 0 Å². The molecule has 0 saturated heterocycles. The molecule has 2 aromatic rings. The van der Waals surface area contributed by atoms with Crippen molar-refractivity contribution in [3.05, 3.63) is 55.7 Å². The zero-order chi connectivity index (χ0) is 30.1. The number of carbonyl (C=O) groups is 2. The summed E-state index contributed by atoms with van der Waals surface area (Å²) in [7, 11) is 1.38. The third-order valence-corrected chi connectivity index (χ3v) is 7.54. The Labute approximate surface area is 249 Å². The van der Waals surface area contributed by atoms with Crippen LogP contribution in [0.1, 0.15) is 104 Å². The van der Waals surface area contributed by atoms with Crippen LogP contribution in [0.3, 0.4) is 0 Å². The molecule has 0 unspecified atom stereocenters. The molecule has 1 aromatic heterocycles. The number of halogens is 1. The average Bonchev–Trinajstić information content (AvgIpc) is 3.25. The number of benzene rings is 1. The summed E-state index contributed by atoms with van der Waals surface area (Å²) in [5, 5.41) is 12.3. The number of ether oxygens (including phenoxy) is 1. The van der Waals surface area contributed by atoms with Crippen molar-refractivity contribution in [1.82, 2.24) is 5.32 Å². The van der Waals surface area contributed by atoms with Gasteiger partial charge in [0, 0.05) is 39.7 Å². The van der Waals surface area contributed by atoms with Crippen LogP contribution in [-0.4, -0.2) is 49.2 Å². The highest BCUT2D eigenvalue weighted by molar-refractivity contribution is 7.14. The minimum Gasteiger partial charge on any atom is -0.469 e. The van der Waals surface area contributed by atoms with Crippen molar-refractivity contribution >= 4 is 51.9 Å². The second-order valence-electron chi connectivity index (χ2n) is 9.43. The van der Waals surface area contributed by atoms with Crippen molar-refractivity contribution < 1.29 is 14.3 Å². The number of nitrogens with one attached hydrogen (secondary N) is 1. The monoisotopic (exact) mass is 588 g/mol. The molecular formula is C31H45ClN4O3S. The quantitative estimate of drug-likeness (QED) is 0.111. The van der Waals surface area contributed by atoms with E-state index in [0.717, 1.165) is 62.8 Å². The van der Waals surface area contributed by atoms with Gasteiger partial charge in [0.25, 0.3) is 5.91 Å². The fourth-order valence-electron chi connectivity index (χ4n) is 3.59. The van der Waals surface area contributed by atoms with Gasteiger partial charge < -0.3 is 10.1 Å². The van der Waals surface area contributed by atoms with E-state index in [2.05, 4.69) is 34.1 Å². The molecule has 0 atom stereocenters. The summed E-state index contributed by atoms with van der Waals surface area (Å²) in [6.45, 7) is 15.1. The molecule has 0 aliphatic rings. The predicted molar refractivity (Wildman–Crippen MR) is 171 cm³/mol. The van der Waals surface area contributed by atoms with Gasteiger partial charge in [-0.1, -0.05) is 63.8 Å². The van der Waals surface area contributed by atoms with Gasteiger partial charge in [-0.05, 0) is 58.2 Å². The largest absolute Gasteiger partial charge is 0.469 e. The van der Waals surface area contributed by atoms with E-state index in [1.807, 2.05) is 52.0 Å². The SMILES string of the molecule is CCC(=O)OC.CCCCCCNC(=O)c1sc(C)c(C(=NC/C(C)=N/N=C(/C)CC)c2ccc(Cl)cc2)c1C. The first-order chi connectivity index (χ1) is 19.1. The van der Waals surface area contributed by atoms with Gasteiger partial charge in [0.1, 0.15) is 0 Å². The summed E-state index contributed by atoms with van der Waals surface area (Å²) in [6, 6.07) is 7.67. The number of aliphatic imine (C=N–C) groups is 1. The highest BCUT2D eigenvalue weighted by atomic mass is 35.5. The molecule has 0 fully saturated rings. The number of carbonyl (C=O) groups excluding carboxylic acids is 2. The number of rotatable bonds is 13. The first-order valence-corrected chi connectivity index (χ1v) is 15.1. The molecule has 9 heteroatoms. The van der Waals surface area contributed by atoms with Gasteiger partial charge in [0.2, 0.25) is 0 Å². The van der Waals surface area contributed by atoms with Gasteiger partial charge >= 0.3 is 5.97 Å². The molecule has 1 amide bonds. The van der Waals surface area contributed by atoms with E-state index in [4.69, 9.17) is 16.6 Å². The zero-order valence-corrected chi connectivity index (χ0v) is 26.9. The second-order valence-corrected chi connectivity index (χ2v) is 11.1. The molecule has 0 aliphatic heterocycles. The van der Waals surface area contributed by atoms with Crippen LogP contribution in [0.15, 0.2) is 39.5 Å². The smallest absolute Gasteiger partial charge is 0.305 e. The molecule has 0 spiro atoms. The topological polar surface area (TPSA) is 92.5 Å². The standard InChI is InChI=1S/C27H37ClN4OS.C4H8O2/c1-7-9-10-11-16-29-27(33)26-20(5)24(21(6)34-26)25(22-12-14-23(28)15-13-22)30-17-19(4)32-31-18(3)8-2;1-3-4(5)6-2/h12-15H,7-11,16-17H2,1-6H3,(H,29,33);3H2,1-2H3/b30-25?,31-18-,32-19+;. The normalized spacial score (nSPS) is 12.1. The fraction of sp³-hybridized carbons (Fsp3) is 0.516. The summed E-state index contributed by atoms with van der Waals surface area (Å²) < 4.78 is 4.26. The third-order valence-electron chi connectivity index (χ3n) is 6.08. The highest BCUT2D eigenvalue weighted by Crippen LogP contribution is 2.30.